The summed E-state index contributed by atoms with van der Waals surface area (Å²) in [6, 6.07) is 6.69. The topological polar surface area (TPSA) is 92.1 Å². The van der Waals surface area contributed by atoms with Crippen molar-refractivity contribution in [1.29, 1.82) is 5.26 Å². The van der Waals surface area contributed by atoms with Crippen LogP contribution in [0.25, 0.3) is 0 Å². The van der Waals surface area contributed by atoms with E-state index in [1.165, 1.54) is 18.1 Å². The number of ether oxygens (including phenoxy) is 3. The van der Waals surface area contributed by atoms with Crippen LogP contribution in [-0.4, -0.2) is 75.2 Å². The van der Waals surface area contributed by atoms with E-state index in [-0.39, 0.29) is 25.0 Å². The second kappa shape index (κ2) is 8.89. The van der Waals surface area contributed by atoms with Gasteiger partial charge in [-0.15, -0.1) is 0 Å². The van der Waals surface area contributed by atoms with Crippen molar-refractivity contribution in [3.8, 4) is 17.6 Å². The minimum Gasteiger partial charge on any atom is -0.493 e. The molecular formula is C17H21N3O5. The molecule has 2 amide bonds. The van der Waals surface area contributed by atoms with E-state index in [0.29, 0.717) is 43.4 Å². The summed E-state index contributed by atoms with van der Waals surface area (Å²) in [5, 5.41) is 8.88. The fourth-order valence-electron chi connectivity index (χ4n) is 2.31. The first kappa shape index (κ1) is 18.5. The summed E-state index contributed by atoms with van der Waals surface area (Å²) >= 11 is 0. The van der Waals surface area contributed by atoms with Gasteiger partial charge in [-0.2, -0.15) is 5.26 Å². The van der Waals surface area contributed by atoms with Gasteiger partial charge in [0.2, 0.25) is 5.91 Å². The normalized spacial score (nSPS) is 13.7. The Kier molecular flexibility index (Phi) is 6.60. The summed E-state index contributed by atoms with van der Waals surface area (Å²) in [5.41, 5.74) is 0.434. The molecule has 1 heterocycles. The lowest BCUT2D eigenvalue weighted by atomic mass is 10.2. The van der Waals surface area contributed by atoms with Crippen molar-refractivity contribution < 1.29 is 23.8 Å². The van der Waals surface area contributed by atoms with Crippen molar-refractivity contribution in [1.82, 2.24) is 9.80 Å². The van der Waals surface area contributed by atoms with Crippen LogP contribution in [0.15, 0.2) is 18.2 Å². The number of morpholine rings is 1. The van der Waals surface area contributed by atoms with Crippen LogP contribution in [0.2, 0.25) is 0 Å². The first-order valence-electron chi connectivity index (χ1n) is 7.85. The van der Waals surface area contributed by atoms with E-state index in [1.54, 1.807) is 24.1 Å². The molecule has 1 aromatic carbocycles. The Balaban J connectivity index is 1.87. The number of benzene rings is 1. The maximum absolute atomic E-state index is 12.2. The number of carbonyl (C=O) groups excluding carboxylic acids is 2. The van der Waals surface area contributed by atoms with Gasteiger partial charge in [-0.1, -0.05) is 0 Å². The number of hydrogen-bond donors (Lipinski definition) is 0. The van der Waals surface area contributed by atoms with Crippen molar-refractivity contribution >= 4 is 11.8 Å². The third-order valence-electron chi connectivity index (χ3n) is 3.81. The van der Waals surface area contributed by atoms with Crippen LogP contribution in [-0.2, 0) is 14.3 Å². The maximum atomic E-state index is 12.2. The molecule has 0 spiro atoms. The standard InChI is InChI=1S/C17H21N3O5/c1-19(11-16(21)20-5-7-24-8-6-20)17(22)12-25-14-4-3-13(10-18)9-15(14)23-2/h3-4,9H,5-8,11-12H2,1-2H3. The third kappa shape index (κ3) is 5.09. The van der Waals surface area contributed by atoms with E-state index in [0.717, 1.165) is 0 Å². The van der Waals surface area contributed by atoms with Crippen molar-refractivity contribution in [2.75, 3.05) is 53.6 Å². The molecule has 1 fully saturated rings. The highest BCUT2D eigenvalue weighted by Crippen LogP contribution is 2.27. The summed E-state index contributed by atoms with van der Waals surface area (Å²) in [7, 11) is 3.01. The molecule has 8 heteroatoms. The molecule has 0 saturated carbocycles. The molecule has 0 radical (unpaired) electrons. The van der Waals surface area contributed by atoms with E-state index in [2.05, 4.69) is 0 Å². The molecule has 0 aromatic heterocycles. The van der Waals surface area contributed by atoms with Crippen molar-refractivity contribution in [3.05, 3.63) is 23.8 Å². The fraction of sp³-hybridized carbons (Fsp3) is 0.471. The van der Waals surface area contributed by atoms with Crippen molar-refractivity contribution in [2.24, 2.45) is 0 Å². The highest BCUT2D eigenvalue weighted by molar-refractivity contribution is 5.85. The van der Waals surface area contributed by atoms with Crippen LogP contribution < -0.4 is 9.47 Å². The molecule has 0 bridgehead atoms. The number of nitriles is 1. The number of likely N-dealkylation sites (N-methyl/N-ethyl adjacent to an activating group) is 1. The van der Waals surface area contributed by atoms with Gasteiger partial charge in [0.1, 0.15) is 0 Å². The van der Waals surface area contributed by atoms with Gasteiger partial charge in [0.25, 0.3) is 5.91 Å². The number of hydrogen-bond acceptors (Lipinski definition) is 6. The summed E-state index contributed by atoms with van der Waals surface area (Å²) in [4.78, 5) is 27.3. The lowest BCUT2D eigenvalue weighted by Gasteiger charge is -2.28. The minimum absolute atomic E-state index is 0.00724. The zero-order valence-electron chi connectivity index (χ0n) is 14.4. The molecular weight excluding hydrogens is 326 g/mol. The molecule has 0 N–H and O–H groups in total. The second-order valence-corrected chi connectivity index (χ2v) is 5.51. The second-order valence-electron chi connectivity index (χ2n) is 5.51. The first-order chi connectivity index (χ1) is 12.0. The Hall–Kier alpha value is -2.79. The number of methoxy groups -OCH3 is 1. The van der Waals surface area contributed by atoms with Crippen LogP contribution in [0.4, 0.5) is 0 Å². The van der Waals surface area contributed by atoms with Crippen LogP contribution in [0.1, 0.15) is 5.56 Å². The predicted molar refractivity (Wildman–Crippen MR) is 88.2 cm³/mol. The molecule has 1 aliphatic rings. The average molecular weight is 347 g/mol. The van der Waals surface area contributed by atoms with Crippen LogP contribution >= 0.6 is 0 Å². The molecule has 1 aliphatic heterocycles. The van der Waals surface area contributed by atoms with Gasteiger partial charge in [-0.25, -0.2) is 0 Å². The van der Waals surface area contributed by atoms with Crippen LogP contribution in [0.5, 0.6) is 11.5 Å². The molecule has 0 unspecified atom stereocenters. The van der Waals surface area contributed by atoms with Gasteiger partial charge < -0.3 is 24.0 Å². The monoisotopic (exact) mass is 347 g/mol. The lowest BCUT2D eigenvalue weighted by Crippen LogP contribution is -2.46. The molecule has 2 rings (SSSR count). The van der Waals surface area contributed by atoms with E-state index in [1.807, 2.05) is 6.07 Å². The highest BCUT2D eigenvalue weighted by Gasteiger charge is 2.21. The summed E-state index contributed by atoms with van der Waals surface area (Å²) < 4.78 is 15.8. The van der Waals surface area contributed by atoms with E-state index < -0.39 is 0 Å². The quantitative estimate of drug-likeness (QED) is 0.733. The Morgan fingerprint density at radius 2 is 2.04 bits per heavy atom. The largest absolute Gasteiger partial charge is 0.493 e. The maximum Gasteiger partial charge on any atom is 0.260 e. The van der Waals surface area contributed by atoms with E-state index in [4.69, 9.17) is 19.5 Å². The summed E-state index contributed by atoms with van der Waals surface area (Å²) in [6.45, 7) is 1.89. The van der Waals surface area contributed by atoms with Gasteiger partial charge in [0.05, 0.1) is 38.5 Å². The fourth-order valence-corrected chi connectivity index (χ4v) is 2.31. The smallest absolute Gasteiger partial charge is 0.260 e. The molecule has 25 heavy (non-hydrogen) atoms. The lowest BCUT2D eigenvalue weighted by molar-refractivity contribution is -0.142. The first-order valence-corrected chi connectivity index (χ1v) is 7.85. The molecule has 8 nitrogen and oxygen atoms in total. The molecule has 0 atom stereocenters. The Morgan fingerprint density at radius 1 is 1.32 bits per heavy atom. The average Bonchev–Trinajstić information content (AvgIpc) is 2.66. The highest BCUT2D eigenvalue weighted by atomic mass is 16.5. The SMILES string of the molecule is COc1cc(C#N)ccc1OCC(=O)N(C)CC(=O)N1CCOCC1. The van der Waals surface area contributed by atoms with Crippen molar-refractivity contribution in [2.45, 2.75) is 0 Å². The van der Waals surface area contributed by atoms with Gasteiger partial charge in [-0.3, -0.25) is 9.59 Å². The number of amides is 2. The Labute approximate surface area is 146 Å². The molecule has 1 saturated heterocycles. The molecule has 134 valence electrons. The summed E-state index contributed by atoms with van der Waals surface area (Å²) in [5.74, 6) is 0.296. The third-order valence-corrected chi connectivity index (χ3v) is 3.81. The van der Waals surface area contributed by atoms with E-state index in [9.17, 15) is 9.59 Å². The minimum atomic E-state index is -0.326. The van der Waals surface area contributed by atoms with Gasteiger partial charge in [-0.05, 0) is 12.1 Å². The van der Waals surface area contributed by atoms with Gasteiger partial charge >= 0.3 is 0 Å². The Morgan fingerprint density at radius 3 is 2.68 bits per heavy atom. The number of rotatable bonds is 6. The Bertz CT molecular complexity index is 665. The van der Waals surface area contributed by atoms with Gasteiger partial charge in [0, 0.05) is 26.2 Å². The number of nitrogens with zero attached hydrogens (tertiary/aromatic N) is 3. The van der Waals surface area contributed by atoms with Gasteiger partial charge in [0.15, 0.2) is 18.1 Å². The molecule has 1 aromatic rings. The van der Waals surface area contributed by atoms with E-state index >= 15 is 0 Å². The zero-order chi connectivity index (χ0) is 18.2. The van der Waals surface area contributed by atoms with Crippen LogP contribution in [0, 0.1) is 11.3 Å². The predicted octanol–water partition coefficient (Wildman–Crippen LogP) is 0.263. The summed E-state index contributed by atoms with van der Waals surface area (Å²) in [6.07, 6.45) is 0. The van der Waals surface area contributed by atoms with Crippen molar-refractivity contribution in [3.63, 3.8) is 0 Å². The number of carbonyl (C=O) groups is 2. The zero-order valence-corrected chi connectivity index (χ0v) is 14.4. The van der Waals surface area contributed by atoms with Crippen LogP contribution in [0.3, 0.4) is 0 Å². The molecule has 0 aliphatic carbocycles.